The minimum Gasteiger partial charge on any atom is -0.348 e. The van der Waals surface area contributed by atoms with Crippen LogP contribution in [0.2, 0.25) is 0 Å². The first-order valence-corrected chi connectivity index (χ1v) is 7.41. The Hall–Kier alpha value is -1.50. The lowest BCUT2D eigenvalue weighted by Gasteiger charge is -2.45. The highest BCUT2D eigenvalue weighted by Crippen LogP contribution is 2.41. The van der Waals surface area contributed by atoms with Gasteiger partial charge >= 0.3 is 0 Å². The molecule has 6 heteroatoms. The van der Waals surface area contributed by atoms with Gasteiger partial charge in [-0.1, -0.05) is 6.42 Å². The Balaban J connectivity index is 1.80. The molecule has 2 atom stereocenters. The number of nitrogens with two attached hydrogens (primary N) is 1. The molecule has 3 rings (SSSR count). The summed E-state index contributed by atoms with van der Waals surface area (Å²) < 4.78 is 12.1. The van der Waals surface area contributed by atoms with E-state index in [1.807, 2.05) is 0 Å². The van der Waals surface area contributed by atoms with Crippen LogP contribution in [0.15, 0.2) is 24.3 Å². The fourth-order valence-electron chi connectivity index (χ4n) is 3.14. The summed E-state index contributed by atoms with van der Waals surface area (Å²) in [7, 11) is 0. The first kappa shape index (κ1) is 14.4. The van der Waals surface area contributed by atoms with Crippen molar-refractivity contribution < 1.29 is 14.4 Å². The number of hydrogen-bond acceptors (Lipinski definition) is 5. The van der Waals surface area contributed by atoms with Gasteiger partial charge in [0.15, 0.2) is 5.79 Å². The lowest BCUT2D eigenvalue weighted by atomic mass is 9.91. The number of ether oxygens (including phenoxy) is 2. The van der Waals surface area contributed by atoms with Gasteiger partial charge in [-0.15, -0.1) is 0 Å². The third kappa shape index (κ3) is 2.92. The number of nitro groups is 1. The highest BCUT2D eigenvalue weighted by molar-refractivity contribution is 5.34. The summed E-state index contributed by atoms with van der Waals surface area (Å²) in [6, 6.07) is 6.19. The van der Waals surface area contributed by atoms with Crippen molar-refractivity contribution in [2.45, 2.75) is 50.0 Å². The number of hydrogen-bond donors (Lipinski definition) is 1. The van der Waals surface area contributed by atoms with Crippen LogP contribution in [0.1, 0.15) is 43.8 Å². The Labute approximate surface area is 123 Å². The van der Waals surface area contributed by atoms with Crippen LogP contribution in [0.5, 0.6) is 0 Å². The highest BCUT2D eigenvalue weighted by atomic mass is 16.7. The summed E-state index contributed by atoms with van der Waals surface area (Å²) in [5.41, 5.74) is 7.07. The van der Waals surface area contributed by atoms with Gasteiger partial charge in [0.2, 0.25) is 0 Å². The van der Waals surface area contributed by atoms with E-state index in [0.29, 0.717) is 6.61 Å². The van der Waals surface area contributed by atoms with E-state index < -0.39 is 10.7 Å². The molecule has 2 fully saturated rings. The first-order chi connectivity index (χ1) is 10.1. The normalized spacial score (nSPS) is 28.4. The average molecular weight is 292 g/mol. The standard InChI is InChI=1S/C15H20N2O4/c16-13-10-20-15(8-2-1-3-9-15)21-14(13)11-4-6-12(7-5-11)17(18)19/h4-7,13-14H,1-3,8-10,16H2/t13-,14?/m0/s1. The zero-order valence-electron chi connectivity index (χ0n) is 11.9. The smallest absolute Gasteiger partial charge is 0.269 e. The van der Waals surface area contributed by atoms with E-state index >= 15 is 0 Å². The van der Waals surface area contributed by atoms with E-state index in [1.54, 1.807) is 12.1 Å². The summed E-state index contributed by atoms with van der Waals surface area (Å²) in [5, 5.41) is 10.7. The number of non-ortho nitro benzene ring substituents is 1. The fourth-order valence-corrected chi connectivity index (χ4v) is 3.14. The Bertz CT molecular complexity index is 511. The molecule has 1 unspecified atom stereocenters. The summed E-state index contributed by atoms with van der Waals surface area (Å²) in [6.45, 7) is 0.460. The quantitative estimate of drug-likeness (QED) is 0.668. The predicted molar refractivity (Wildman–Crippen MR) is 76.7 cm³/mol. The maximum Gasteiger partial charge on any atom is 0.269 e. The van der Waals surface area contributed by atoms with Crippen molar-refractivity contribution in [1.29, 1.82) is 0 Å². The zero-order chi connectivity index (χ0) is 14.9. The highest BCUT2D eigenvalue weighted by Gasteiger charge is 2.43. The minimum atomic E-state index is -0.513. The molecule has 1 saturated carbocycles. The third-order valence-corrected chi connectivity index (χ3v) is 4.32. The SMILES string of the molecule is N[C@H]1COC2(CCCCC2)OC1c1ccc([N+](=O)[O-])cc1. The topological polar surface area (TPSA) is 87.6 Å². The average Bonchev–Trinajstić information content (AvgIpc) is 2.51. The molecule has 21 heavy (non-hydrogen) atoms. The van der Waals surface area contributed by atoms with Crippen molar-refractivity contribution >= 4 is 5.69 Å². The molecule has 0 radical (unpaired) electrons. The molecule has 0 aromatic heterocycles. The van der Waals surface area contributed by atoms with Gasteiger partial charge in [0.1, 0.15) is 6.10 Å². The molecule has 114 valence electrons. The molecule has 1 aromatic rings. The van der Waals surface area contributed by atoms with Crippen LogP contribution in [0.3, 0.4) is 0 Å². The largest absolute Gasteiger partial charge is 0.348 e. The van der Waals surface area contributed by atoms with Crippen molar-refractivity contribution in [3.63, 3.8) is 0 Å². The molecule has 2 N–H and O–H groups in total. The summed E-state index contributed by atoms with van der Waals surface area (Å²) in [6.07, 6.45) is 4.93. The van der Waals surface area contributed by atoms with Crippen LogP contribution in [-0.4, -0.2) is 23.4 Å². The van der Waals surface area contributed by atoms with E-state index in [4.69, 9.17) is 15.2 Å². The van der Waals surface area contributed by atoms with Crippen LogP contribution >= 0.6 is 0 Å². The third-order valence-electron chi connectivity index (χ3n) is 4.32. The Morgan fingerprint density at radius 1 is 1.19 bits per heavy atom. The van der Waals surface area contributed by atoms with Crippen LogP contribution in [0.25, 0.3) is 0 Å². The fraction of sp³-hybridized carbons (Fsp3) is 0.600. The van der Waals surface area contributed by atoms with Gasteiger partial charge in [0, 0.05) is 25.0 Å². The second kappa shape index (κ2) is 5.71. The summed E-state index contributed by atoms with van der Waals surface area (Å²) in [5.74, 6) is -0.513. The number of rotatable bonds is 2. The van der Waals surface area contributed by atoms with Crippen LogP contribution in [-0.2, 0) is 9.47 Å². The lowest BCUT2D eigenvalue weighted by Crippen LogP contribution is -2.51. The first-order valence-electron chi connectivity index (χ1n) is 7.41. The van der Waals surface area contributed by atoms with E-state index in [9.17, 15) is 10.1 Å². The molecule has 1 saturated heterocycles. The van der Waals surface area contributed by atoms with Crippen molar-refractivity contribution in [3.05, 3.63) is 39.9 Å². The van der Waals surface area contributed by atoms with Crippen molar-refractivity contribution in [2.24, 2.45) is 5.73 Å². The minimum absolute atomic E-state index is 0.0757. The van der Waals surface area contributed by atoms with E-state index in [-0.39, 0.29) is 17.8 Å². The maximum absolute atomic E-state index is 10.7. The van der Waals surface area contributed by atoms with E-state index in [2.05, 4.69) is 0 Å². The zero-order valence-corrected chi connectivity index (χ0v) is 11.9. The molecule has 0 bridgehead atoms. The number of nitro benzene ring substituents is 1. The number of benzene rings is 1. The van der Waals surface area contributed by atoms with Crippen molar-refractivity contribution in [1.82, 2.24) is 0 Å². The molecule has 6 nitrogen and oxygen atoms in total. The number of nitrogens with zero attached hydrogens (tertiary/aromatic N) is 1. The molecule has 0 amide bonds. The van der Waals surface area contributed by atoms with Crippen molar-refractivity contribution in [3.8, 4) is 0 Å². The summed E-state index contributed by atoms with van der Waals surface area (Å²) >= 11 is 0. The van der Waals surface area contributed by atoms with E-state index in [1.165, 1.54) is 18.6 Å². The Morgan fingerprint density at radius 3 is 2.48 bits per heavy atom. The van der Waals surface area contributed by atoms with Crippen LogP contribution in [0.4, 0.5) is 5.69 Å². The van der Waals surface area contributed by atoms with Crippen LogP contribution < -0.4 is 5.73 Å². The lowest BCUT2D eigenvalue weighted by molar-refractivity contribution is -0.384. The summed E-state index contributed by atoms with van der Waals surface area (Å²) in [4.78, 5) is 10.3. The molecule has 1 aliphatic carbocycles. The van der Waals surface area contributed by atoms with Gasteiger partial charge in [0.25, 0.3) is 5.69 Å². The van der Waals surface area contributed by atoms with Gasteiger partial charge in [-0.25, -0.2) is 0 Å². The van der Waals surface area contributed by atoms with Gasteiger partial charge < -0.3 is 15.2 Å². The van der Waals surface area contributed by atoms with Gasteiger partial charge in [-0.05, 0) is 30.5 Å². The predicted octanol–water partition coefficient (Wildman–Crippen LogP) is 2.67. The molecule has 1 heterocycles. The Morgan fingerprint density at radius 2 is 1.86 bits per heavy atom. The second-order valence-electron chi connectivity index (χ2n) is 5.83. The molecule has 1 aromatic carbocycles. The molecule has 1 spiro atoms. The van der Waals surface area contributed by atoms with Gasteiger partial charge in [0.05, 0.1) is 17.6 Å². The Kier molecular flexibility index (Phi) is 3.93. The molecule has 2 aliphatic rings. The monoisotopic (exact) mass is 292 g/mol. The van der Waals surface area contributed by atoms with Gasteiger partial charge in [-0.2, -0.15) is 0 Å². The molecular formula is C15H20N2O4. The molecular weight excluding hydrogens is 272 g/mol. The van der Waals surface area contributed by atoms with Gasteiger partial charge in [-0.3, -0.25) is 10.1 Å². The molecule has 1 aliphatic heterocycles. The second-order valence-corrected chi connectivity index (χ2v) is 5.83. The van der Waals surface area contributed by atoms with Crippen molar-refractivity contribution in [2.75, 3.05) is 6.61 Å². The van der Waals surface area contributed by atoms with Crippen LogP contribution in [0, 0.1) is 10.1 Å². The van der Waals surface area contributed by atoms with E-state index in [0.717, 1.165) is 31.2 Å². The maximum atomic E-state index is 10.7.